The van der Waals surface area contributed by atoms with E-state index in [0.717, 1.165) is 11.1 Å². The molecule has 0 aromatic heterocycles. The second-order valence-corrected chi connectivity index (χ2v) is 4.56. The third-order valence-electron chi connectivity index (χ3n) is 3.19. The molecule has 96 valence electrons. The number of Topliss-reactive ketones (excluding diaryl/α,β-unsaturated/α-hetero) is 2. The SMILES string of the molecule is CC(=O)C(=O)CC(c1ccccc1)c1ccccc1. The number of hydrogen-bond acceptors (Lipinski definition) is 2. The second kappa shape index (κ2) is 6.10. The van der Waals surface area contributed by atoms with Crippen molar-refractivity contribution < 1.29 is 9.59 Å². The first-order valence-corrected chi connectivity index (χ1v) is 6.32. The molecule has 0 aliphatic rings. The summed E-state index contributed by atoms with van der Waals surface area (Å²) in [6, 6.07) is 19.6. The summed E-state index contributed by atoms with van der Waals surface area (Å²) in [7, 11) is 0. The van der Waals surface area contributed by atoms with E-state index >= 15 is 0 Å². The number of benzene rings is 2. The largest absolute Gasteiger partial charge is 0.291 e. The summed E-state index contributed by atoms with van der Waals surface area (Å²) in [5.41, 5.74) is 2.12. The van der Waals surface area contributed by atoms with Gasteiger partial charge in [0.1, 0.15) is 0 Å². The van der Waals surface area contributed by atoms with Crippen molar-refractivity contribution in [3.8, 4) is 0 Å². The predicted molar refractivity (Wildman–Crippen MR) is 75.0 cm³/mol. The Hall–Kier alpha value is -2.22. The molecule has 0 N–H and O–H groups in total. The van der Waals surface area contributed by atoms with Crippen molar-refractivity contribution in [3.63, 3.8) is 0 Å². The van der Waals surface area contributed by atoms with Crippen LogP contribution in [-0.4, -0.2) is 11.6 Å². The first kappa shape index (κ1) is 13.2. The molecule has 0 spiro atoms. The van der Waals surface area contributed by atoms with Crippen LogP contribution >= 0.6 is 0 Å². The van der Waals surface area contributed by atoms with Crippen molar-refractivity contribution in [2.45, 2.75) is 19.3 Å². The Balaban J connectivity index is 2.34. The van der Waals surface area contributed by atoms with Gasteiger partial charge in [-0.15, -0.1) is 0 Å². The van der Waals surface area contributed by atoms with E-state index in [1.165, 1.54) is 6.92 Å². The molecule has 0 radical (unpaired) electrons. The molecular formula is C17H16O2. The van der Waals surface area contributed by atoms with E-state index in [4.69, 9.17) is 0 Å². The third-order valence-corrected chi connectivity index (χ3v) is 3.19. The van der Waals surface area contributed by atoms with E-state index in [1.807, 2.05) is 60.7 Å². The van der Waals surface area contributed by atoms with E-state index in [-0.39, 0.29) is 23.9 Å². The van der Waals surface area contributed by atoms with Crippen LogP contribution in [0.2, 0.25) is 0 Å². The Morgan fingerprint density at radius 1 is 0.842 bits per heavy atom. The summed E-state index contributed by atoms with van der Waals surface area (Å²) < 4.78 is 0. The number of carbonyl (C=O) groups excluding carboxylic acids is 2. The lowest BCUT2D eigenvalue weighted by molar-refractivity contribution is -0.135. The number of hydrogen-bond donors (Lipinski definition) is 0. The summed E-state index contributed by atoms with van der Waals surface area (Å²) in [5, 5.41) is 0. The van der Waals surface area contributed by atoms with Gasteiger partial charge in [0.15, 0.2) is 11.6 Å². The second-order valence-electron chi connectivity index (χ2n) is 4.56. The van der Waals surface area contributed by atoms with Crippen molar-refractivity contribution in [1.29, 1.82) is 0 Å². The Morgan fingerprint density at radius 2 is 1.26 bits per heavy atom. The molecule has 0 amide bonds. The highest BCUT2D eigenvalue weighted by Crippen LogP contribution is 2.28. The molecule has 2 rings (SSSR count). The van der Waals surface area contributed by atoms with Gasteiger partial charge in [-0.3, -0.25) is 9.59 Å². The average Bonchev–Trinajstić information content (AvgIpc) is 2.46. The number of carbonyl (C=O) groups is 2. The molecule has 19 heavy (non-hydrogen) atoms. The Bertz CT molecular complexity index is 519. The van der Waals surface area contributed by atoms with Crippen LogP contribution in [0.4, 0.5) is 0 Å². The topological polar surface area (TPSA) is 34.1 Å². The molecule has 2 aromatic rings. The first-order chi connectivity index (χ1) is 9.18. The van der Waals surface area contributed by atoms with Gasteiger partial charge in [-0.2, -0.15) is 0 Å². The lowest BCUT2D eigenvalue weighted by Crippen LogP contribution is -2.15. The highest BCUT2D eigenvalue weighted by atomic mass is 16.2. The molecular weight excluding hydrogens is 236 g/mol. The molecule has 2 heteroatoms. The quantitative estimate of drug-likeness (QED) is 0.764. The summed E-state index contributed by atoms with van der Waals surface area (Å²) in [4.78, 5) is 22.9. The fourth-order valence-corrected chi connectivity index (χ4v) is 2.13. The van der Waals surface area contributed by atoms with E-state index in [0.29, 0.717) is 0 Å². The smallest absolute Gasteiger partial charge is 0.199 e. The van der Waals surface area contributed by atoms with Gasteiger partial charge in [0.2, 0.25) is 0 Å². The van der Waals surface area contributed by atoms with E-state index in [2.05, 4.69) is 0 Å². The average molecular weight is 252 g/mol. The van der Waals surface area contributed by atoms with Crippen LogP contribution in [0, 0.1) is 0 Å². The molecule has 0 unspecified atom stereocenters. The zero-order valence-corrected chi connectivity index (χ0v) is 10.9. The van der Waals surface area contributed by atoms with Crippen LogP contribution in [0.5, 0.6) is 0 Å². The van der Waals surface area contributed by atoms with Gasteiger partial charge in [-0.1, -0.05) is 60.7 Å². The first-order valence-electron chi connectivity index (χ1n) is 6.32. The fraction of sp³-hybridized carbons (Fsp3) is 0.176. The highest BCUT2D eigenvalue weighted by Gasteiger charge is 2.19. The maximum atomic E-state index is 11.8. The lowest BCUT2D eigenvalue weighted by Gasteiger charge is -2.16. The highest BCUT2D eigenvalue weighted by molar-refractivity contribution is 6.36. The summed E-state index contributed by atoms with van der Waals surface area (Å²) in [6.07, 6.45) is 0.226. The predicted octanol–water partition coefficient (Wildman–Crippen LogP) is 3.37. The molecule has 0 saturated carbocycles. The van der Waals surface area contributed by atoms with Gasteiger partial charge < -0.3 is 0 Å². The zero-order chi connectivity index (χ0) is 13.7. The van der Waals surface area contributed by atoms with Crippen molar-refractivity contribution in [2.24, 2.45) is 0 Å². The summed E-state index contributed by atoms with van der Waals surface area (Å²) >= 11 is 0. The fourth-order valence-electron chi connectivity index (χ4n) is 2.13. The Kier molecular flexibility index (Phi) is 4.24. The van der Waals surface area contributed by atoms with E-state index in [1.54, 1.807) is 0 Å². The maximum Gasteiger partial charge on any atom is 0.199 e. The Morgan fingerprint density at radius 3 is 1.63 bits per heavy atom. The lowest BCUT2D eigenvalue weighted by atomic mass is 9.86. The van der Waals surface area contributed by atoms with Gasteiger partial charge in [0, 0.05) is 19.3 Å². The van der Waals surface area contributed by atoms with Gasteiger partial charge >= 0.3 is 0 Å². The van der Waals surface area contributed by atoms with Gasteiger partial charge in [0.25, 0.3) is 0 Å². The molecule has 0 fully saturated rings. The van der Waals surface area contributed by atoms with Gasteiger partial charge in [0.05, 0.1) is 0 Å². The van der Waals surface area contributed by atoms with Gasteiger partial charge in [-0.05, 0) is 11.1 Å². The van der Waals surface area contributed by atoms with Crippen molar-refractivity contribution >= 4 is 11.6 Å². The van der Waals surface area contributed by atoms with E-state index < -0.39 is 0 Å². The minimum absolute atomic E-state index is 0.0567. The summed E-state index contributed by atoms with van der Waals surface area (Å²) in [5.74, 6) is -0.756. The summed E-state index contributed by atoms with van der Waals surface area (Å²) in [6.45, 7) is 1.33. The van der Waals surface area contributed by atoms with Crippen LogP contribution in [-0.2, 0) is 9.59 Å². The zero-order valence-electron chi connectivity index (χ0n) is 10.9. The van der Waals surface area contributed by atoms with Crippen molar-refractivity contribution in [2.75, 3.05) is 0 Å². The number of rotatable bonds is 5. The molecule has 2 aromatic carbocycles. The number of ketones is 2. The molecule has 0 saturated heterocycles. The van der Waals surface area contributed by atoms with Crippen molar-refractivity contribution in [1.82, 2.24) is 0 Å². The van der Waals surface area contributed by atoms with E-state index in [9.17, 15) is 9.59 Å². The van der Waals surface area contributed by atoms with Crippen LogP contribution < -0.4 is 0 Å². The third kappa shape index (κ3) is 3.38. The molecule has 0 aliphatic carbocycles. The van der Waals surface area contributed by atoms with Crippen LogP contribution in [0.3, 0.4) is 0 Å². The van der Waals surface area contributed by atoms with Crippen LogP contribution in [0.25, 0.3) is 0 Å². The minimum Gasteiger partial charge on any atom is -0.291 e. The molecule has 0 aliphatic heterocycles. The van der Waals surface area contributed by atoms with Crippen LogP contribution in [0.15, 0.2) is 60.7 Å². The Labute approximate surface area is 113 Å². The van der Waals surface area contributed by atoms with Crippen molar-refractivity contribution in [3.05, 3.63) is 71.8 Å². The van der Waals surface area contributed by atoms with Gasteiger partial charge in [-0.25, -0.2) is 0 Å². The maximum absolute atomic E-state index is 11.8. The normalized spacial score (nSPS) is 10.4. The molecule has 2 nitrogen and oxygen atoms in total. The standard InChI is InChI=1S/C17H16O2/c1-13(18)17(19)12-16(14-8-4-2-5-9-14)15-10-6-3-7-11-15/h2-11,16H,12H2,1H3. The minimum atomic E-state index is -0.378. The molecule has 0 bridgehead atoms. The van der Waals surface area contributed by atoms with Crippen LogP contribution in [0.1, 0.15) is 30.4 Å². The monoisotopic (exact) mass is 252 g/mol. The molecule has 0 heterocycles. The molecule has 0 atom stereocenters.